The molecular formula is C18H13BrN4O4. The van der Waals surface area contributed by atoms with E-state index in [2.05, 4.69) is 31.2 Å². The van der Waals surface area contributed by atoms with Crippen LogP contribution >= 0.6 is 15.9 Å². The van der Waals surface area contributed by atoms with Crippen molar-refractivity contribution in [3.8, 4) is 11.8 Å². The number of ether oxygens (including phenoxy) is 1. The van der Waals surface area contributed by atoms with Crippen LogP contribution in [0.25, 0.3) is 0 Å². The molecule has 0 radical (unpaired) electrons. The molecule has 9 heteroatoms. The molecule has 0 aliphatic carbocycles. The average molecular weight is 429 g/mol. The number of nitrogens with zero attached hydrogens (tertiary/aromatic N) is 3. The van der Waals surface area contributed by atoms with Gasteiger partial charge in [0.05, 0.1) is 9.40 Å². The molecule has 0 aliphatic rings. The molecule has 0 unspecified atom stereocenters. The van der Waals surface area contributed by atoms with E-state index in [0.29, 0.717) is 11.4 Å². The number of carbonyl (C=O) groups excluding carboxylic acids is 1. The second kappa shape index (κ2) is 7.92. The van der Waals surface area contributed by atoms with Gasteiger partial charge in [-0.1, -0.05) is 6.07 Å². The second-order valence-corrected chi connectivity index (χ2v) is 6.40. The number of rotatable bonds is 6. The summed E-state index contributed by atoms with van der Waals surface area (Å²) in [6, 6.07) is 11.3. The number of Topliss-reactive ketones (excluding diaryl/α,β-unsaturated/α-hetero) is 1. The van der Waals surface area contributed by atoms with Crippen LogP contribution in [0, 0.1) is 10.1 Å². The Bertz CT molecular complexity index is 1010. The zero-order valence-corrected chi connectivity index (χ0v) is 15.6. The minimum absolute atomic E-state index is 0.173. The number of benzene rings is 2. The molecule has 2 aromatic carbocycles. The minimum Gasteiger partial charge on any atom is -0.424 e. The number of nitro benzene ring substituents is 1. The summed E-state index contributed by atoms with van der Waals surface area (Å²) in [6.07, 6.45) is 3.12. The first-order valence-electron chi connectivity index (χ1n) is 7.74. The average Bonchev–Trinajstić information content (AvgIpc) is 2.64. The summed E-state index contributed by atoms with van der Waals surface area (Å²) < 4.78 is 6.31. The van der Waals surface area contributed by atoms with Crippen molar-refractivity contribution in [1.29, 1.82) is 0 Å². The topological polar surface area (TPSA) is 107 Å². The van der Waals surface area contributed by atoms with Gasteiger partial charge in [-0.15, -0.1) is 0 Å². The largest absolute Gasteiger partial charge is 0.424 e. The van der Waals surface area contributed by atoms with Crippen molar-refractivity contribution in [3.63, 3.8) is 0 Å². The molecule has 0 saturated carbocycles. The number of hydrogen-bond acceptors (Lipinski definition) is 7. The lowest BCUT2D eigenvalue weighted by Crippen LogP contribution is -2.00. The number of halogens is 1. The summed E-state index contributed by atoms with van der Waals surface area (Å²) in [7, 11) is 0. The van der Waals surface area contributed by atoms with Gasteiger partial charge in [-0.2, -0.15) is 0 Å². The zero-order chi connectivity index (χ0) is 19.4. The third-order valence-electron chi connectivity index (χ3n) is 3.52. The van der Waals surface area contributed by atoms with Gasteiger partial charge in [0.15, 0.2) is 5.78 Å². The van der Waals surface area contributed by atoms with Crippen LogP contribution in [0.4, 0.5) is 17.1 Å². The van der Waals surface area contributed by atoms with Crippen molar-refractivity contribution in [2.24, 2.45) is 0 Å². The normalized spacial score (nSPS) is 10.3. The van der Waals surface area contributed by atoms with E-state index in [1.165, 1.54) is 25.1 Å². The maximum Gasteiger partial charge on any atom is 0.321 e. The maximum atomic E-state index is 11.5. The lowest BCUT2D eigenvalue weighted by atomic mass is 10.1. The van der Waals surface area contributed by atoms with Crippen molar-refractivity contribution >= 4 is 38.8 Å². The molecule has 1 aromatic heterocycles. The summed E-state index contributed by atoms with van der Waals surface area (Å²) in [5.41, 5.74) is 0.923. The number of ketones is 1. The van der Waals surface area contributed by atoms with E-state index < -0.39 is 4.92 Å². The van der Waals surface area contributed by atoms with Gasteiger partial charge in [0.1, 0.15) is 11.4 Å². The van der Waals surface area contributed by atoms with Gasteiger partial charge in [0.25, 0.3) is 5.69 Å². The number of nitro groups is 1. The van der Waals surface area contributed by atoms with Gasteiger partial charge in [0, 0.05) is 35.8 Å². The highest BCUT2D eigenvalue weighted by Crippen LogP contribution is 2.30. The monoisotopic (exact) mass is 428 g/mol. The molecule has 0 atom stereocenters. The SMILES string of the molecule is CC(=O)c1ccc(Nc2cccc(Oc3ncc(Br)cn3)c2)c([N+](=O)[O-])c1. The highest BCUT2D eigenvalue weighted by atomic mass is 79.9. The Morgan fingerprint density at radius 2 is 1.93 bits per heavy atom. The van der Waals surface area contributed by atoms with E-state index in [9.17, 15) is 14.9 Å². The van der Waals surface area contributed by atoms with Crippen molar-refractivity contribution in [3.05, 3.63) is 75.0 Å². The smallest absolute Gasteiger partial charge is 0.321 e. The predicted octanol–water partition coefficient (Wildman–Crippen LogP) is 4.89. The Balaban J connectivity index is 1.85. The quantitative estimate of drug-likeness (QED) is 0.338. The van der Waals surface area contributed by atoms with Gasteiger partial charge < -0.3 is 10.1 Å². The van der Waals surface area contributed by atoms with E-state index in [0.717, 1.165) is 4.47 Å². The molecule has 0 bridgehead atoms. The zero-order valence-electron chi connectivity index (χ0n) is 14.0. The first kappa shape index (κ1) is 18.5. The Kier molecular flexibility index (Phi) is 5.41. The first-order valence-corrected chi connectivity index (χ1v) is 8.53. The molecule has 8 nitrogen and oxygen atoms in total. The molecule has 0 amide bonds. The fourth-order valence-corrected chi connectivity index (χ4v) is 2.46. The third kappa shape index (κ3) is 4.64. The van der Waals surface area contributed by atoms with Crippen LogP contribution in [0.1, 0.15) is 17.3 Å². The van der Waals surface area contributed by atoms with Gasteiger partial charge in [-0.25, -0.2) is 9.97 Å². The van der Waals surface area contributed by atoms with Gasteiger partial charge in [-0.3, -0.25) is 14.9 Å². The fraction of sp³-hybridized carbons (Fsp3) is 0.0556. The van der Waals surface area contributed by atoms with Gasteiger partial charge >= 0.3 is 6.01 Å². The Labute approximate surface area is 162 Å². The van der Waals surface area contributed by atoms with Gasteiger partial charge in [-0.05, 0) is 47.1 Å². The Morgan fingerprint density at radius 1 is 1.19 bits per heavy atom. The standard InChI is InChI=1S/C18H13BrN4O4/c1-11(24)12-5-6-16(17(7-12)23(25)26)22-14-3-2-4-15(8-14)27-18-20-9-13(19)10-21-18/h2-10,22H,1H3. The summed E-state index contributed by atoms with van der Waals surface area (Å²) in [5.74, 6) is 0.222. The van der Waals surface area contributed by atoms with E-state index >= 15 is 0 Å². The summed E-state index contributed by atoms with van der Waals surface area (Å²) >= 11 is 3.25. The number of carbonyl (C=O) groups is 1. The van der Waals surface area contributed by atoms with Crippen LogP contribution in [0.2, 0.25) is 0 Å². The van der Waals surface area contributed by atoms with Gasteiger partial charge in [0.2, 0.25) is 0 Å². The molecule has 3 rings (SSSR count). The molecule has 3 aromatic rings. The van der Waals surface area contributed by atoms with Crippen LogP contribution in [0.3, 0.4) is 0 Å². The summed E-state index contributed by atoms with van der Waals surface area (Å²) in [5, 5.41) is 14.3. The first-order chi connectivity index (χ1) is 12.9. The van der Waals surface area contributed by atoms with Crippen LogP contribution in [-0.2, 0) is 0 Å². The van der Waals surface area contributed by atoms with Crippen LogP contribution < -0.4 is 10.1 Å². The third-order valence-corrected chi connectivity index (χ3v) is 3.93. The number of aromatic nitrogens is 2. The predicted molar refractivity (Wildman–Crippen MR) is 103 cm³/mol. The number of anilines is 2. The maximum absolute atomic E-state index is 11.5. The highest BCUT2D eigenvalue weighted by molar-refractivity contribution is 9.10. The number of hydrogen-bond donors (Lipinski definition) is 1. The molecule has 0 aliphatic heterocycles. The molecule has 0 saturated heterocycles. The second-order valence-electron chi connectivity index (χ2n) is 5.48. The Morgan fingerprint density at radius 3 is 2.59 bits per heavy atom. The van der Waals surface area contributed by atoms with Crippen LogP contribution in [-0.4, -0.2) is 20.7 Å². The molecule has 0 spiro atoms. The summed E-state index contributed by atoms with van der Waals surface area (Å²) in [4.78, 5) is 30.3. The molecule has 1 heterocycles. The van der Waals surface area contributed by atoms with Crippen molar-refractivity contribution in [2.45, 2.75) is 6.92 Å². The molecule has 27 heavy (non-hydrogen) atoms. The van der Waals surface area contributed by atoms with Crippen molar-refractivity contribution in [1.82, 2.24) is 9.97 Å². The lowest BCUT2D eigenvalue weighted by molar-refractivity contribution is -0.383. The molecule has 0 fully saturated rings. The van der Waals surface area contributed by atoms with Crippen LogP contribution in [0.15, 0.2) is 59.3 Å². The molecule has 136 valence electrons. The van der Waals surface area contributed by atoms with E-state index in [1.807, 2.05) is 0 Å². The van der Waals surface area contributed by atoms with E-state index in [1.54, 1.807) is 36.7 Å². The number of nitrogens with one attached hydrogen (secondary N) is 1. The fourth-order valence-electron chi connectivity index (χ4n) is 2.26. The molecular weight excluding hydrogens is 416 g/mol. The Hall–Kier alpha value is -3.33. The van der Waals surface area contributed by atoms with Crippen LogP contribution in [0.5, 0.6) is 11.8 Å². The highest BCUT2D eigenvalue weighted by Gasteiger charge is 2.16. The minimum atomic E-state index is -0.537. The van der Waals surface area contributed by atoms with Crippen molar-refractivity contribution < 1.29 is 14.5 Å². The summed E-state index contributed by atoms with van der Waals surface area (Å²) in [6.45, 7) is 1.36. The van der Waals surface area contributed by atoms with E-state index in [-0.39, 0.29) is 28.7 Å². The van der Waals surface area contributed by atoms with E-state index in [4.69, 9.17) is 4.74 Å². The lowest BCUT2D eigenvalue weighted by Gasteiger charge is -2.10. The van der Waals surface area contributed by atoms with Crippen molar-refractivity contribution in [2.75, 3.05) is 5.32 Å². The molecule has 1 N–H and O–H groups in total.